The fourth-order valence-corrected chi connectivity index (χ4v) is 2.34. The molecule has 7 nitrogen and oxygen atoms in total. The van der Waals surface area contributed by atoms with E-state index in [1.54, 1.807) is 20.9 Å². The number of aromatic nitrogens is 2. The molecule has 0 amide bonds. The average Bonchev–Trinajstić information content (AvgIpc) is 2.74. The lowest BCUT2D eigenvalue weighted by molar-refractivity contribution is -0.147. The van der Waals surface area contributed by atoms with Gasteiger partial charge >= 0.3 is 5.97 Å². The first kappa shape index (κ1) is 14.7. The molecule has 0 radical (unpaired) electrons. The lowest BCUT2D eigenvalue weighted by Gasteiger charge is -2.11. The van der Waals surface area contributed by atoms with Gasteiger partial charge in [0.05, 0.1) is 18.7 Å². The van der Waals surface area contributed by atoms with Crippen molar-refractivity contribution in [1.29, 1.82) is 0 Å². The number of sulfonamides is 1. The monoisotopic (exact) mass is 275 g/mol. The minimum absolute atomic E-state index is 0.00391. The third kappa shape index (κ3) is 3.81. The minimum atomic E-state index is -3.62. The van der Waals surface area contributed by atoms with Crippen LogP contribution < -0.4 is 4.72 Å². The van der Waals surface area contributed by atoms with Crippen LogP contribution in [0.5, 0.6) is 0 Å². The maximum absolute atomic E-state index is 11.8. The van der Waals surface area contributed by atoms with Crippen LogP contribution in [0, 0.1) is 5.92 Å². The Morgan fingerprint density at radius 2 is 2.28 bits per heavy atom. The molecule has 1 aromatic heterocycles. The van der Waals surface area contributed by atoms with Gasteiger partial charge in [-0.15, -0.1) is 0 Å². The third-order valence-electron chi connectivity index (χ3n) is 2.26. The molecule has 0 saturated carbocycles. The fraction of sp³-hybridized carbons (Fsp3) is 0.600. The molecule has 1 heterocycles. The highest BCUT2D eigenvalue weighted by Gasteiger charge is 2.20. The molecule has 0 spiro atoms. The number of carbonyl (C=O) groups excluding carboxylic acids is 1. The summed E-state index contributed by atoms with van der Waals surface area (Å²) >= 11 is 0. The van der Waals surface area contributed by atoms with Crippen molar-refractivity contribution in [3.8, 4) is 0 Å². The first-order valence-electron chi connectivity index (χ1n) is 5.51. The van der Waals surface area contributed by atoms with Crippen molar-refractivity contribution in [2.45, 2.75) is 18.7 Å². The van der Waals surface area contributed by atoms with Gasteiger partial charge in [-0.05, 0) is 6.92 Å². The topological polar surface area (TPSA) is 90.3 Å². The molecule has 0 saturated heterocycles. The molecule has 1 unspecified atom stereocenters. The van der Waals surface area contributed by atoms with Crippen LogP contribution in [0.1, 0.15) is 13.8 Å². The van der Waals surface area contributed by atoms with Gasteiger partial charge in [0, 0.05) is 19.8 Å². The molecule has 1 rings (SSSR count). The molecule has 1 aromatic rings. The van der Waals surface area contributed by atoms with Gasteiger partial charge < -0.3 is 4.74 Å². The van der Waals surface area contributed by atoms with Crippen molar-refractivity contribution in [1.82, 2.24) is 14.5 Å². The molecular weight excluding hydrogens is 258 g/mol. The second-order valence-corrected chi connectivity index (χ2v) is 5.62. The normalized spacial score (nSPS) is 13.3. The predicted molar refractivity (Wildman–Crippen MR) is 64.2 cm³/mol. The Bertz CT molecular complexity index is 509. The summed E-state index contributed by atoms with van der Waals surface area (Å²) in [5.74, 6) is -0.956. The van der Waals surface area contributed by atoms with Crippen molar-refractivity contribution < 1.29 is 17.9 Å². The SMILES string of the molecule is CCOC(=O)C(C)CNS(=O)(=O)c1cnn(C)c1. The molecule has 0 aromatic carbocycles. The van der Waals surface area contributed by atoms with E-state index < -0.39 is 21.9 Å². The Kier molecular flexibility index (Phi) is 4.85. The standard InChI is InChI=1S/C10H17N3O4S/c1-4-17-10(14)8(2)5-12-18(15,16)9-6-11-13(3)7-9/h6-8,12H,4-5H2,1-3H3. The van der Waals surface area contributed by atoms with E-state index >= 15 is 0 Å². The van der Waals surface area contributed by atoms with Crippen LogP contribution in [0.15, 0.2) is 17.3 Å². The quantitative estimate of drug-likeness (QED) is 0.732. The molecule has 1 N–H and O–H groups in total. The molecule has 0 bridgehead atoms. The lowest BCUT2D eigenvalue weighted by Crippen LogP contribution is -2.32. The molecule has 1 atom stereocenters. The van der Waals surface area contributed by atoms with Gasteiger partial charge in [0.15, 0.2) is 0 Å². The number of nitrogens with zero attached hydrogens (tertiary/aromatic N) is 2. The Balaban J connectivity index is 2.60. The van der Waals surface area contributed by atoms with Gasteiger partial charge in [-0.25, -0.2) is 13.1 Å². The number of aryl methyl sites for hydroxylation is 1. The number of hydrogen-bond donors (Lipinski definition) is 1. The summed E-state index contributed by atoms with van der Waals surface area (Å²) in [6.07, 6.45) is 2.63. The van der Waals surface area contributed by atoms with Crippen molar-refractivity contribution >= 4 is 16.0 Å². The summed E-state index contributed by atoms with van der Waals surface area (Å²) in [4.78, 5) is 11.4. The zero-order valence-corrected chi connectivity index (χ0v) is 11.4. The third-order valence-corrected chi connectivity index (χ3v) is 3.64. The summed E-state index contributed by atoms with van der Waals surface area (Å²) < 4.78 is 32.2. The van der Waals surface area contributed by atoms with Crippen LogP contribution in [-0.4, -0.2) is 37.3 Å². The number of ether oxygens (including phenoxy) is 1. The van der Waals surface area contributed by atoms with Gasteiger partial charge in [0.2, 0.25) is 10.0 Å². The fourth-order valence-electron chi connectivity index (χ4n) is 1.22. The Labute approximate surface area is 106 Å². The summed E-state index contributed by atoms with van der Waals surface area (Å²) in [5.41, 5.74) is 0. The predicted octanol–water partition coefficient (Wildman–Crippen LogP) is -0.102. The summed E-state index contributed by atoms with van der Waals surface area (Å²) in [6, 6.07) is 0. The molecule has 102 valence electrons. The Morgan fingerprint density at radius 1 is 1.61 bits per heavy atom. The largest absolute Gasteiger partial charge is 0.466 e. The Morgan fingerprint density at radius 3 is 2.78 bits per heavy atom. The van der Waals surface area contributed by atoms with Crippen molar-refractivity contribution in [3.05, 3.63) is 12.4 Å². The molecule has 0 aliphatic carbocycles. The van der Waals surface area contributed by atoms with Crippen LogP contribution in [0.25, 0.3) is 0 Å². The average molecular weight is 275 g/mol. The van der Waals surface area contributed by atoms with Gasteiger partial charge in [-0.2, -0.15) is 5.10 Å². The van der Waals surface area contributed by atoms with Crippen LogP contribution in [0.3, 0.4) is 0 Å². The van der Waals surface area contributed by atoms with E-state index in [4.69, 9.17) is 4.74 Å². The van der Waals surface area contributed by atoms with E-state index in [9.17, 15) is 13.2 Å². The molecule has 18 heavy (non-hydrogen) atoms. The van der Waals surface area contributed by atoms with E-state index in [-0.39, 0.29) is 18.0 Å². The van der Waals surface area contributed by atoms with E-state index in [0.29, 0.717) is 0 Å². The zero-order chi connectivity index (χ0) is 13.8. The minimum Gasteiger partial charge on any atom is -0.466 e. The highest BCUT2D eigenvalue weighted by molar-refractivity contribution is 7.89. The van der Waals surface area contributed by atoms with Crippen LogP contribution >= 0.6 is 0 Å². The highest BCUT2D eigenvalue weighted by atomic mass is 32.2. The summed E-state index contributed by atoms with van der Waals surface area (Å²) in [5, 5.41) is 3.78. The zero-order valence-electron chi connectivity index (χ0n) is 10.6. The smallest absolute Gasteiger partial charge is 0.309 e. The van der Waals surface area contributed by atoms with Crippen molar-refractivity contribution in [3.63, 3.8) is 0 Å². The maximum Gasteiger partial charge on any atom is 0.309 e. The second-order valence-electron chi connectivity index (χ2n) is 3.85. The Hall–Kier alpha value is -1.41. The second kappa shape index (κ2) is 5.96. The van der Waals surface area contributed by atoms with Crippen LogP contribution in [0.4, 0.5) is 0 Å². The first-order valence-corrected chi connectivity index (χ1v) is 7.00. The van der Waals surface area contributed by atoms with E-state index in [2.05, 4.69) is 9.82 Å². The summed E-state index contributed by atoms with van der Waals surface area (Å²) in [7, 11) is -2.00. The molecular formula is C10H17N3O4S. The molecule has 8 heteroatoms. The number of nitrogens with one attached hydrogen (secondary N) is 1. The first-order chi connectivity index (χ1) is 8.36. The highest BCUT2D eigenvalue weighted by Crippen LogP contribution is 2.07. The van der Waals surface area contributed by atoms with Crippen LogP contribution in [-0.2, 0) is 26.6 Å². The summed E-state index contributed by atoms with van der Waals surface area (Å²) in [6.45, 7) is 3.57. The number of rotatable bonds is 6. The lowest BCUT2D eigenvalue weighted by atomic mass is 10.2. The van der Waals surface area contributed by atoms with Gasteiger partial charge in [-0.3, -0.25) is 9.48 Å². The van der Waals surface area contributed by atoms with Gasteiger partial charge in [0.1, 0.15) is 4.90 Å². The molecule has 0 aliphatic heterocycles. The van der Waals surface area contributed by atoms with E-state index in [1.165, 1.54) is 17.1 Å². The molecule has 0 aliphatic rings. The van der Waals surface area contributed by atoms with Crippen molar-refractivity contribution in [2.75, 3.05) is 13.2 Å². The number of esters is 1. The maximum atomic E-state index is 11.8. The van der Waals surface area contributed by atoms with E-state index in [1.807, 2.05) is 0 Å². The molecule has 0 fully saturated rings. The number of hydrogen-bond acceptors (Lipinski definition) is 5. The van der Waals surface area contributed by atoms with Crippen molar-refractivity contribution in [2.24, 2.45) is 13.0 Å². The van der Waals surface area contributed by atoms with E-state index in [0.717, 1.165) is 0 Å². The number of carbonyl (C=O) groups is 1. The van der Waals surface area contributed by atoms with Gasteiger partial charge in [-0.1, -0.05) is 6.92 Å². The van der Waals surface area contributed by atoms with Crippen LogP contribution in [0.2, 0.25) is 0 Å². The van der Waals surface area contributed by atoms with Gasteiger partial charge in [0.25, 0.3) is 0 Å².